The summed E-state index contributed by atoms with van der Waals surface area (Å²) < 4.78 is 22.3. The third-order valence-corrected chi connectivity index (χ3v) is 4.55. The summed E-state index contributed by atoms with van der Waals surface area (Å²) in [7, 11) is 0. The molecule has 0 saturated carbocycles. The first kappa shape index (κ1) is 18.1. The topological polar surface area (TPSA) is 40.1 Å². The van der Waals surface area contributed by atoms with Crippen molar-refractivity contribution in [1.82, 2.24) is 0 Å². The van der Waals surface area contributed by atoms with E-state index in [1.807, 2.05) is 0 Å². The Labute approximate surface area is 116 Å². The lowest BCUT2D eigenvalue weighted by molar-refractivity contribution is 0.486. The second-order valence-corrected chi connectivity index (χ2v) is 6.48. The van der Waals surface area contributed by atoms with Crippen molar-refractivity contribution in [1.29, 1.82) is 0 Å². The smallest absolute Gasteiger partial charge is 0.0215 e. The highest BCUT2D eigenvalue weighted by atomic mass is 32.2. The van der Waals surface area contributed by atoms with Gasteiger partial charge in [-0.3, -0.25) is 4.21 Å². The third-order valence-electron chi connectivity index (χ3n) is 3.53. The van der Waals surface area contributed by atoms with Crippen LogP contribution in [0.15, 0.2) is 0 Å². The average Bonchev–Trinajstić information content (AvgIpc) is 2.35. The Hall–Kier alpha value is 0.110. The molecule has 0 fully saturated rings. The van der Waals surface area contributed by atoms with Gasteiger partial charge in [0.2, 0.25) is 0 Å². The van der Waals surface area contributed by atoms with E-state index in [2.05, 4.69) is 13.8 Å². The van der Waals surface area contributed by atoms with Crippen LogP contribution >= 0.6 is 0 Å². The molecule has 2 nitrogen and oxygen atoms in total. The Bertz CT molecular complexity index is 195. The lowest BCUT2D eigenvalue weighted by atomic mass is 10.0. The fraction of sp³-hybridized carbons (Fsp3) is 1.00. The highest BCUT2D eigenvalue weighted by Crippen LogP contribution is 2.16. The summed E-state index contributed by atoms with van der Waals surface area (Å²) >= 11 is -1.87. The van der Waals surface area contributed by atoms with Gasteiger partial charge in [-0.2, -0.15) is 0 Å². The number of unbranched alkanes of at least 4 members (excludes halogenated alkanes) is 8. The average molecular weight is 275 g/mol. The van der Waals surface area contributed by atoms with Crippen LogP contribution in [0, 0.1) is 0 Å². The Morgan fingerprint density at radius 1 is 0.778 bits per heavy atom. The van der Waals surface area contributed by atoms with Gasteiger partial charge >= 0.3 is 0 Å². The fourth-order valence-corrected chi connectivity index (χ4v) is 3.01. The summed E-state index contributed by atoms with van der Waals surface area (Å²) in [5.74, 6) is 0. The lowest BCUT2D eigenvalue weighted by Crippen LogP contribution is -2.14. The molecule has 0 radical (unpaired) electrons. The molecule has 2 atom stereocenters. The zero-order chi connectivity index (χ0) is 13.6. The van der Waals surface area contributed by atoms with Crippen molar-refractivity contribution in [3.05, 3.63) is 0 Å². The first-order valence-electron chi connectivity index (χ1n) is 7.80. The maximum Gasteiger partial charge on any atom is 0.0215 e. The maximum atomic E-state index is 11.1. The van der Waals surface area contributed by atoms with Crippen molar-refractivity contribution in [3.8, 4) is 0 Å². The van der Waals surface area contributed by atoms with Crippen molar-refractivity contribution in [2.24, 2.45) is 0 Å². The van der Waals surface area contributed by atoms with E-state index in [1.54, 1.807) is 0 Å². The molecule has 0 aliphatic heterocycles. The summed E-state index contributed by atoms with van der Waals surface area (Å²) in [6.45, 7) is 4.40. The van der Waals surface area contributed by atoms with Gasteiger partial charge in [0.05, 0.1) is 0 Å². The van der Waals surface area contributed by atoms with E-state index in [4.69, 9.17) is 0 Å². The van der Waals surface area contributed by atoms with E-state index in [-0.39, 0.29) is 5.25 Å². The predicted octanol–water partition coefficient (Wildman–Crippen LogP) is 4.96. The molecule has 0 N–H and O–H groups in total. The van der Waals surface area contributed by atoms with Crippen LogP contribution in [0.3, 0.4) is 0 Å². The fourth-order valence-electron chi connectivity index (χ4n) is 2.29. The van der Waals surface area contributed by atoms with Gasteiger partial charge in [-0.25, -0.2) is 0 Å². The summed E-state index contributed by atoms with van der Waals surface area (Å²) in [5, 5.41) is -0.0898. The first-order valence-corrected chi connectivity index (χ1v) is 8.94. The van der Waals surface area contributed by atoms with Gasteiger partial charge in [-0.15, -0.1) is 0 Å². The van der Waals surface area contributed by atoms with Crippen LogP contribution in [0.1, 0.15) is 90.9 Å². The molecular weight excluding hydrogens is 244 g/mol. The lowest BCUT2D eigenvalue weighted by Gasteiger charge is -2.19. The molecule has 0 rings (SSSR count). The van der Waals surface area contributed by atoms with Gasteiger partial charge in [-0.05, 0) is 12.8 Å². The summed E-state index contributed by atoms with van der Waals surface area (Å²) in [6.07, 6.45) is 13.9. The molecule has 0 aromatic rings. The molecule has 0 aliphatic carbocycles. The van der Waals surface area contributed by atoms with E-state index in [9.17, 15) is 8.76 Å². The minimum Gasteiger partial charge on any atom is -0.772 e. The van der Waals surface area contributed by atoms with Crippen LogP contribution in [0.25, 0.3) is 0 Å². The Morgan fingerprint density at radius 2 is 1.17 bits per heavy atom. The van der Waals surface area contributed by atoms with E-state index in [1.165, 1.54) is 51.4 Å². The quantitative estimate of drug-likeness (QED) is 0.352. The first-order chi connectivity index (χ1) is 8.72. The molecular formula is C15H31O2S-. The van der Waals surface area contributed by atoms with E-state index >= 15 is 0 Å². The molecule has 2 unspecified atom stereocenters. The van der Waals surface area contributed by atoms with Crippen molar-refractivity contribution < 1.29 is 8.76 Å². The SMILES string of the molecule is CCCCCCCCC(CCCCCC)S(=O)[O-]. The molecule has 0 saturated heterocycles. The van der Waals surface area contributed by atoms with Crippen molar-refractivity contribution in [2.75, 3.05) is 0 Å². The monoisotopic (exact) mass is 275 g/mol. The van der Waals surface area contributed by atoms with Gasteiger partial charge in [0, 0.05) is 5.25 Å². The van der Waals surface area contributed by atoms with Crippen LogP contribution in [-0.2, 0) is 11.1 Å². The normalized spacial score (nSPS) is 14.6. The van der Waals surface area contributed by atoms with Gasteiger partial charge in [0.15, 0.2) is 0 Å². The Morgan fingerprint density at radius 3 is 1.61 bits per heavy atom. The van der Waals surface area contributed by atoms with Crippen LogP contribution in [0.5, 0.6) is 0 Å². The molecule has 0 heterocycles. The second kappa shape index (κ2) is 13.5. The molecule has 0 spiro atoms. The minimum absolute atomic E-state index is 0.0898. The number of hydrogen-bond acceptors (Lipinski definition) is 2. The van der Waals surface area contributed by atoms with Crippen LogP contribution in [-0.4, -0.2) is 14.0 Å². The van der Waals surface area contributed by atoms with Crippen molar-refractivity contribution in [3.63, 3.8) is 0 Å². The highest BCUT2D eigenvalue weighted by molar-refractivity contribution is 7.79. The summed E-state index contributed by atoms with van der Waals surface area (Å²) in [5.41, 5.74) is 0. The zero-order valence-electron chi connectivity index (χ0n) is 12.3. The molecule has 110 valence electrons. The maximum absolute atomic E-state index is 11.1. The third kappa shape index (κ3) is 11.2. The Balaban J connectivity index is 3.54. The van der Waals surface area contributed by atoms with Crippen LogP contribution in [0.4, 0.5) is 0 Å². The molecule has 0 amide bonds. The van der Waals surface area contributed by atoms with Gasteiger partial charge in [0.1, 0.15) is 0 Å². The van der Waals surface area contributed by atoms with Crippen molar-refractivity contribution >= 4 is 11.1 Å². The van der Waals surface area contributed by atoms with E-state index < -0.39 is 11.1 Å². The zero-order valence-corrected chi connectivity index (χ0v) is 13.1. The molecule has 0 aromatic heterocycles. The number of rotatable bonds is 13. The van der Waals surface area contributed by atoms with Gasteiger partial charge in [0.25, 0.3) is 0 Å². The summed E-state index contributed by atoms with van der Waals surface area (Å²) in [4.78, 5) is 0. The molecule has 0 aromatic carbocycles. The minimum atomic E-state index is -1.87. The summed E-state index contributed by atoms with van der Waals surface area (Å²) in [6, 6.07) is 0. The van der Waals surface area contributed by atoms with Gasteiger partial charge < -0.3 is 4.55 Å². The molecule has 0 bridgehead atoms. The van der Waals surface area contributed by atoms with Crippen LogP contribution in [0.2, 0.25) is 0 Å². The standard InChI is InChI=1S/C15H32O2S/c1-3-5-7-9-10-12-14-15(18(16)17)13-11-8-6-4-2/h15H,3-14H2,1-2H3,(H,16,17)/p-1. The van der Waals surface area contributed by atoms with Gasteiger partial charge in [-0.1, -0.05) is 89.1 Å². The Kier molecular flexibility index (Phi) is 13.6. The molecule has 3 heteroatoms. The van der Waals surface area contributed by atoms with E-state index in [0.717, 1.165) is 25.7 Å². The highest BCUT2D eigenvalue weighted by Gasteiger charge is 2.08. The molecule has 18 heavy (non-hydrogen) atoms. The van der Waals surface area contributed by atoms with E-state index in [0.29, 0.717) is 0 Å². The van der Waals surface area contributed by atoms with Crippen molar-refractivity contribution in [2.45, 2.75) is 96.1 Å². The number of hydrogen-bond donors (Lipinski definition) is 0. The predicted molar refractivity (Wildman–Crippen MR) is 79.5 cm³/mol. The second-order valence-electron chi connectivity index (χ2n) is 5.29. The molecule has 0 aliphatic rings. The largest absolute Gasteiger partial charge is 0.772 e. The van der Waals surface area contributed by atoms with Crippen LogP contribution < -0.4 is 0 Å².